The normalized spacial score (nSPS) is 48.9. The summed E-state index contributed by atoms with van der Waals surface area (Å²) in [6.45, 7) is 12.7. The molecular weight excluding hydrogens is 336 g/mol. The van der Waals surface area contributed by atoms with Gasteiger partial charge in [0.15, 0.2) is 0 Å². The Kier molecular flexibility index (Phi) is 4.42. The van der Waals surface area contributed by atoms with Crippen molar-refractivity contribution in [1.82, 2.24) is 0 Å². The molecule has 0 amide bonds. The van der Waals surface area contributed by atoms with E-state index in [2.05, 4.69) is 33.4 Å². The number of esters is 1. The number of hydrogen-bond donors (Lipinski definition) is 1. The Hall–Kier alpha value is -1.09. The molecule has 0 unspecified atom stereocenters. The maximum Gasteiger partial charge on any atom is 0.302 e. The molecule has 4 aliphatic rings. The fraction of sp³-hybridized carbons (Fsp3) is 0.792. The number of ether oxygens (including phenoxy) is 1. The summed E-state index contributed by atoms with van der Waals surface area (Å²) in [4.78, 5) is 11.4. The van der Waals surface area contributed by atoms with E-state index in [0.29, 0.717) is 17.8 Å². The zero-order valence-corrected chi connectivity index (χ0v) is 17.5. The second kappa shape index (κ2) is 6.20. The zero-order valence-electron chi connectivity index (χ0n) is 17.5. The minimum absolute atomic E-state index is 0.0311. The molecule has 0 heterocycles. The Balaban J connectivity index is 1.63. The number of aliphatic hydroxyl groups is 1. The maximum absolute atomic E-state index is 11.5. The monoisotopic (exact) mass is 372 g/mol. The lowest BCUT2D eigenvalue weighted by Crippen LogP contribution is -2.54. The molecule has 1 N–H and O–H groups in total. The largest absolute Gasteiger partial charge is 0.462 e. The van der Waals surface area contributed by atoms with Gasteiger partial charge in [-0.05, 0) is 73.7 Å². The van der Waals surface area contributed by atoms with Crippen LogP contribution in [0.25, 0.3) is 0 Å². The molecule has 0 radical (unpaired) electrons. The molecule has 4 aliphatic carbocycles. The second-order valence-electron chi connectivity index (χ2n) is 10.2. The average Bonchev–Trinajstić information content (AvgIpc) is 2.82. The lowest BCUT2D eigenvalue weighted by molar-refractivity contribution is -0.149. The van der Waals surface area contributed by atoms with E-state index in [0.717, 1.165) is 50.5 Å². The molecule has 0 aromatic carbocycles. The molecule has 0 aromatic heterocycles. The molecule has 0 aromatic rings. The van der Waals surface area contributed by atoms with Crippen LogP contribution in [0.15, 0.2) is 23.8 Å². The summed E-state index contributed by atoms with van der Waals surface area (Å²) >= 11 is 0. The number of hydrogen-bond acceptors (Lipinski definition) is 3. The van der Waals surface area contributed by atoms with E-state index in [1.165, 1.54) is 18.9 Å². The minimum Gasteiger partial charge on any atom is -0.462 e. The van der Waals surface area contributed by atoms with Gasteiger partial charge in [-0.15, -0.1) is 0 Å². The van der Waals surface area contributed by atoms with Crippen molar-refractivity contribution in [3.05, 3.63) is 23.8 Å². The Labute approximate surface area is 164 Å². The molecular formula is C24H36O3. The smallest absolute Gasteiger partial charge is 0.302 e. The van der Waals surface area contributed by atoms with E-state index < -0.39 is 5.60 Å². The van der Waals surface area contributed by atoms with Gasteiger partial charge in [0, 0.05) is 18.8 Å². The average molecular weight is 373 g/mol. The van der Waals surface area contributed by atoms with Crippen LogP contribution < -0.4 is 0 Å². The molecule has 150 valence electrons. The van der Waals surface area contributed by atoms with Gasteiger partial charge in [-0.3, -0.25) is 4.79 Å². The third-order valence-electron chi connectivity index (χ3n) is 9.29. The quantitative estimate of drug-likeness (QED) is 0.536. The first-order valence-corrected chi connectivity index (χ1v) is 10.9. The van der Waals surface area contributed by atoms with Gasteiger partial charge in [0.25, 0.3) is 0 Å². The van der Waals surface area contributed by atoms with E-state index in [1.807, 2.05) is 0 Å². The molecule has 7 atom stereocenters. The third-order valence-corrected chi connectivity index (χ3v) is 9.29. The van der Waals surface area contributed by atoms with Gasteiger partial charge in [-0.1, -0.05) is 39.0 Å². The highest BCUT2D eigenvalue weighted by Crippen LogP contribution is 2.68. The summed E-state index contributed by atoms with van der Waals surface area (Å²) in [6.07, 6.45) is 10.7. The number of allylic oxidation sites excluding steroid dienone is 1. The van der Waals surface area contributed by atoms with Gasteiger partial charge in [-0.2, -0.15) is 0 Å². The number of rotatable bonds is 2. The first-order valence-electron chi connectivity index (χ1n) is 10.9. The molecule has 3 saturated carbocycles. The van der Waals surface area contributed by atoms with Crippen LogP contribution in [0.3, 0.4) is 0 Å². The molecule has 3 nitrogen and oxygen atoms in total. The summed E-state index contributed by atoms with van der Waals surface area (Å²) in [5.74, 6) is 1.70. The fourth-order valence-electron chi connectivity index (χ4n) is 7.66. The van der Waals surface area contributed by atoms with Gasteiger partial charge in [0.2, 0.25) is 0 Å². The lowest BCUT2D eigenvalue weighted by Gasteiger charge is -2.59. The molecule has 3 fully saturated rings. The number of carbonyl (C=O) groups is 1. The third kappa shape index (κ3) is 2.53. The van der Waals surface area contributed by atoms with E-state index in [-0.39, 0.29) is 22.9 Å². The van der Waals surface area contributed by atoms with Crippen LogP contribution in [0.2, 0.25) is 0 Å². The molecule has 0 spiro atoms. The molecule has 27 heavy (non-hydrogen) atoms. The van der Waals surface area contributed by atoms with Crippen LogP contribution in [-0.4, -0.2) is 22.8 Å². The molecule has 0 saturated heterocycles. The van der Waals surface area contributed by atoms with Crippen molar-refractivity contribution in [2.45, 2.75) is 90.8 Å². The fourth-order valence-corrected chi connectivity index (χ4v) is 7.66. The predicted octanol–water partition coefficient (Wildman–Crippen LogP) is 5.19. The van der Waals surface area contributed by atoms with Crippen molar-refractivity contribution in [2.75, 3.05) is 0 Å². The summed E-state index contributed by atoms with van der Waals surface area (Å²) in [7, 11) is 0. The van der Waals surface area contributed by atoms with E-state index >= 15 is 0 Å². The van der Waals surface area contributed by atoms with Crippen LogP contribution >= 0.6 is 0 Å². The Morgan fingerprint density at radius 1 is 1.26 bits per heavy atom. The summed E-state index contributed by atoms with van der Waals surface area (Å²) in [5, 5.41) is 11.5. The van der Waals surface area contributed by atoms with Gasteiger partial charge in [0.1, 0.15) is 6.10 Å². The van der Waals surface area contributed by atoms with Crippen LogP contribution in [0.1, 0.15) is 79.1 Å². The van der Waals surface area contributed by atoms with E-state index in [9.17, 15) is 9.90 Å². The highest BCUT2D eigenvalue weighted by atomic mass is 16.5. The predicted molar refractivity (Wildman–Crippen MR) is 107 cm³/mol. The van der Waals surface area contributed by atoms with Crippen molar-refractivity contribution >= 4 is 5.97 Å². The van der Waals surface area contributed by atoms with E-state index in [4.69, 9.17) is 4.74 Å². The standard InChI is InChI=1S/C24H36O3/c1-6-24(26)15(2)13-21-19-8-7-17-14-18(27-16(3)25)9-11-22(17,4)20(19)10-12-23(21,24)5/h7,18-21,26H,2,6,8-14H2,1,3-5H3/t18-,19+,20-,21-,22-,23-,24+/m0/s1. The first kappa shape index (κ1) is 19.2. The molecule has 3 heteroatoms. The lowest BCUT2D eigenvalue weighted by atomic mass is 9.47. The van der Waals surface area contributed by atoms with Crippen LogP contribution in [0.5, 0.6) is 0 Å². The Morgan fingerprint density at radius 2 is 2.00 bits per heavy atom. The summed E-state index contributed by atoms with van der Waals surface area (Å²) in [6, 6.07) is 0. The minimum atomic E-state index is -0.694. The van der Waals surface area contributed by atoms with Crippen molar-refractivity contribution in [3.63, 3.8) is 0 Å². The first-order chi connectivity index (χ1) is 12.7. The summed E-state index contributed by atoms with van der Waals surface area (Å²) < 4.78 is 5.54. The van der Waals surface area contributed by atoms with Crippen molar-refractivity contribution < 1.29 is 14.6 Å². The van der Waals surface area contributed by atoms with Crippen LogP contribution in [-0.2, 0) is 9.53 Å². The molecule has 0 aliphatic heterocycles. The SMILES string of the molecule is C=C1C[C@H]2[C@@H]3CC=C4C[C@@H](OC(C)=O)CC[C@]4(C)[C@H]3CC[C@]2(C)[C@@]1(O)CC. The summed E-state index contributed by atoms with van der Waals surface area (Å²) in [5.41, 5.74) is 2.09. The maximum atomic E-state index is 11.5. The van der Waals surface area contributed by atoms with Crippen molar-refractivity contribution in [3.8, 4) is 0 Å². The highest BCUT2D eigenvalue weighted by molar-refractivity contribution is 5.66. The van der Waals surface area contributed by atoms with Crippen LogP contribution in [0, 0.1) is 28.6 Å². The van der Waals surface area contributed by atoms with Gasteiger partial charge >= 0.3 is 5.97 Å². The molecule has 4 rings (SSSR count). The zero-order chi connectivity index (χ0) is 19.6. The van der Waals surface area contributed by atoms with Gasteiger partial charge in [0.05, 0.1) is 5.60 Å². The van der Waals surface area contributed by atoms with Gasteiger partial charge in [-0.25, -0.2) is 0 Å². The van der Waals surface area contributed by atoms with Crippen molar-refractivity contribution in [1.29, 1.82) is 0 Å². The van der Waals surface area contributed by atoms with Crippen molar-refractivity contribution in [2.24, 2.45) is 28.6 Å². The Bertz CT molecular complexity index is 694. The number of carbonyl (C=O) groups excluding carboxylic acids is 1. The highest BCUT2D eigenvalue weighted by Gasteiger charge is 2.64. The topological polar surface area (TPSA) is 46.5 Å². The Morgan fingerprint density at radius 3 is 2.67 bits per heavy atom. The van der Waals surface area contributed by atoms with Crippen LogP contribution in [0.4, 0.5) is 0 Å². The van der Waals surface area contributed by atoms with Gasteiger partial charge < -0.3 is 9.84 Å². The van der Waals surface area contributed by atoms with E-state index in [1.54, 1.807) is 0 Å². The molecule has 0 bridgehead atoms. The number of fused-ring (bicyclic) bond motifs is 5. The second-order valence-corrected chi connectivity index (χ2v) is 10.2.